The minimum absolute atomic E-state index is 0.00489. The van der Waals surface area contributed by atoms with Crippen LogP contribution in [0.5, 0.6) is 0 Å². The third-order valence-electron chi connectivity index (χ3n) is 4.75. The molecule has 1 fully saturated rings. The number of nitrogens with two attached hydrogens (primary N) is 2. The fourth-order valence-electron chi connectivity index (χ4n) is 3.43. The van der Waals surface area contributed by atoms with Crippen LogP contribution >= 0.6 is 0 Å². The average molecular weight is 289 g/mol. The summed E-state index contributed by atoms with van der Waals surface area (Å²) in [6.45, 7) is 6.10. The Balaban J connectivity index is 2.32. The first-order valence-electron chi connectivity index (χ1n) is 7.92. The Kier molecular flexibility index (Phi) is 5.01. The average Bonchev–Trinajstić information content (AvgIpc) is 3.26. The van der Waals surface area contributed by atoms with Gasteiger partial charge in [0.25, 0.3) is 0 Å². The molecule has 21 heavy (non-hydrogen) atoms. The van der Waals surface area contributed by atoms with E-state index in [4.69, 9.17) is 11.5 Å². The monoisotopic (exact) mass is 289 g/mol. The molecule has 0 radical (unpaired) electrons. The molecule has 0 saturated heterocycles. The molecule has 0 heterocycles. The minimum atomic E-state index is -0.429. The second kappa shape index (κ2) is 6.58. The summed E-state index contributed by atoms with van der Waals surface area (Å²) in [6.07, 6.45) is 1.61. The van der Waals surface area contributed by atoms with Crippen LogP contribution in [0.1, 0.15) is 32.3 Å². The summed E-state index contributed by atoms with van der Waals surface area (Å²) in [5.74, 6) is 0.424. The van der Waals surface area contributed by atoms with E-state index in [1.807, 2.05) is 36.9 Å². The molecule has 1 aromatic carbocycles. The Labute approximate surface area is 127 Å². The predicted octanol–water partition coefficient (Wildman–Crippen LogP) is 1.49. The zero-order chi connectivity index (χ0) is 15.5. The Bertz CT molecular complexity index is 472. The van der Waals surface area contributed by atoms with Crippen LogP contribution < -0.4 is 11.5 Å². The molecule has 1 saturated carbocycles. The fraction of sp³-hybridized carbons (Fsp3) is 0.588. The normalized spacial score (nSPS) is 25.4. The number of amides is 1. The molecule has 4 heteroatoms. The van der Waals surface area contributed by atoms with E-state index in [1.54, 1.807) is 0 Å². The third kappa shape index (κ3) is 2.83. The van der Waals surface area contributed by atoms with Crippen molar-refractivity contribution in [2.75, 3.05) is 19.6 Å². The first kappa shape index (κ1) is 16.0. The van der Waals surface area contributed by atoms with Crippen LogP contribution in [0, 0.1) is 5.92 Å². The number of likely N-dealkylation sites (N-methyl/N-ethyl adjacent to an activating group) is 1. The van der Waals surface area contributed by atoms with Crippen molar-refractivity contribution in [1.29, 1.82) is 0 Å². The second-order valence-corrected chi connectivity index (χ2v) is 5.87. The van der Waals surface area contributed by atoms with Crippen LogP contribution in [0.2, 0.25) is 0 Å². The zero-order valence-electron chi connectivity index (χ0n) is 13.1. The maximum atomic E-state index is 13.0. The first-order chi connectivity index (χ1) is 10.1. The lowest BCUT2D eigenvalue weighted by Gasteiger charge is -2.27. The molecule has 0 aromatic heterocycles. The summed E-state index contributed by atoms with van der Waals surface area (Å²) in [4.78, 5) is 15.0. The van der Waals surface area contributed by atoms with E-state index in [9.17, 15) is 4.79 Å². The van der Waals surface area contributed by atoms with Gasteiger partial charge in [0.2, 0.25) is 5.91 Å². The molecule has 1 aliphatic rings. The maximum Gasteiger partial charge on any atom is 0.233 e. The van der Waals surface area contributed by atoms with E-state index in [2.05, 4.69) is 12.1 Å². The van der Waals surface area contributed by atoms with Crippen LogP contribution in [-0.4, -0.2) is 36.5 Å². The number of benzene rings is 1. The molecule has 116 valence electrons. The smallest absolute Gasteiger partial charge is 0.233 e. The summed E-state index contributed by atoms with van der Waals surface area (Å²) < 4.78 is 0. The SMILES string of the molecule is CCN(CC)C(=O)[C@@]1(c2ccccc2)C[C@H]1[C@@H](N)CCN. The lowest BCUT2D eigenvalue weighted by molar-refractivity contribution is -0.134. The molecule has 0 bridgehead atoms. The van der Waals surface area contributed by atoms with Crippen molar-refractivity contribution in [3.63, 3.8) is 0 Å². The van der Waals surface area contributed by atoms with Crippen molar-refractivity contribution in [3.8, 4) is 0 Å². The van der Waals surface area contributed by atoms with Crippen LogP contribution in [0.15, 0.2) is 30.3 Å². The number of rotatable bonds is 7. The number of hydrogen-bond acceptors (Lipinski definition) is 3. The van der Waals surface area contributed by atoms with E-state index in [0.29, 0.717) is 6.54 Å². The Hall–Kier alpha value is -1.39. The van der Waals surface area contributed by atoms with Crippen LogP contribution in [0.4, 0.5) is 0 Å². The lowest BCUT2D eigenvalue weighted by Crippen LogP contribution is -2.42. The van der Waals surface area contributed by atoms with Gasteiger partial charge < -0.3 is 16.4 Å². The van der Waals surface area contributed by atoms with Gasteiger partial charge in [0.15, 0.2) is 0 Å². The minimum Gasteiger partial charge on any atom is -0.342 e. The van der Waals surface area contributed by atoms with Gasteiger partial charge in [0.05, 0.1) is 5.41 Å². The molecule has 2 rings (SSSR count). The van der Waals surface area contributed by atoms with Crippen molar-refractivity contribution in [2.24, 2.45) is 17.4 Å². The van der Waals surface area contributed by atoms with Crippen LogP contribution in [-0.2, 0) is 10.2 Å². The van der Waals surface area contributed by atoms with E-state index in [1.165, 1.54) is 0 Å². The summed E-state index contributed by atoms with van der Waals surface area (Å²) >= 11 is 0. The van der Waals surface area contributed by atoms with Gasteiger partial charge >= 0.3 is 0 Å². The first-order valence-corrected chi connectivity index (χ1v) is 7.92. The van der Waals surface area contributed by atoms with Crippen molar-refractivity contribution >= 4 is 5.91 Å². The highest BCUT2D eigenvalue weighted by Gasteiger charge is 2.63. The topological polar surface area (TPSA) is 72.3 Å². The van der Waals surface area contributed by atoms with Crippen molar-refractivity contribution < 1.29 is 4.79 Å². The predicted molar refractivity (Wildman–Crippen MR) is 85.8 cm³/mol. The Morgan fingerprint density at radius 1 is 1.33 bits per heavy atom. The Morgan fingerprint density at radius 3 is 2.48 bits per heavy atom. The highest BCUT2D eigenvalue weighted by molar-refractivity contribution is 5.92. The summed E-state index contributed by atoms with van der Waals surface area (Å²) in [7, 11) is 0. The second-order valence-electron chi connectivity index (χ2n) is 5.87. The molecular formula is C17H27N3O. The number of nitrogens with zero attached hydrogens (tertiary/aromatic N) is 1. The molecule has 4 nitrogen and oxygen atoms in total. The van der Waals surface area contributed by atoms with E-state index < -0.39 is 5.41 Å². The van der Waals surface area contributed by atoms with Gasteiger partial charge in [-0.1, -0.05) is 30.3 Å². The number of carbonyl (C=O) groups excluding carboxylic acids is 1. The van der Waals surface area contributed by atoms with Gasteiger partial charge in [-0.15, -0.1) is 0 Å². The molecule has 4 N–H and O–H groups in total. The Morgan fingerprint density at radius 2 is 1.95 bits per heavy atom. The van der Waals surface area contributed by atoms with Crippen LogP contribution in [0.25, 0.3) is 0 Å². The van der Waals surface area contributed by atoms with Gasteiger partial charge in [-0.2, -0.15) is 0 Å². The summed E-state index contributed by atoms with van der Waals surface area (Å²) in [5, 5.41) is 0. The fourth-order valence-corrected chi connectivity index (χ4v) is 3.43. The van der Waals surface area contributed by atoms with Gasteiger partial charge in [-0.05, 0) is 44.7 Å². The number of hydrogen-bond donors (Lipinski definition) is 2. The standard InChI is InChI=1S/C17H27N3O/c1-3-20(4-2)16(21)17(13-8-6-5-7-9-13)12-14(17)15(19)10-11-18/h5-9,14-15H,3-4,10-12,18-19H2,1-2H3/t14-,15-,17+/m0/s1. The van der Waals surface area contributed by atoms with Crippen molar-refractivity contribution in [3.05, 3.63) is 35.9 Å². The summed E-state index contributed by atoms with van der Waals surface area (Å²) in [5.41, 5.74) is 12.6. The lowest BCUT2D eigenvalue weighted by atomic mass is 9.88. The van der Waals surface area contributed by atoms with E-state index in [0.717, 1.165) is 31.5 Å². The van der Waals surface area contributed by atoms with E-state index >= 15 is 0 Å². The highest BCUT2D eigenvalue weighted by Crippen LogP contribution is 2.57. The molecule has 1 amide bonds. The van der Waals surface area contributed by atoms with Gasteiger partial charge in [0.1, 0.15) is 0 Å². The molecule has 3 atom stereocenters. The van der Waals surface area contributed by atoms with Gasteiger partial charge in [-0.3, -0.25) is 4.79 Å². The molecular weight excluding hydrogens is 262 g/mol. The quantitative estimate of drug-likeness (QED) is 0.799. The molecule has 1 aliphatic carbocycles. The largest absolute Gasteiger partial charge is 0.342 e. The summed E-state index contributed by atoms with van der Waals surface area (Å²) in [6, 6.07) is 10.1. The molecule has 1 aromatic rings. The maximum absolute atomic E-state index is 13.0. The third-order valence-corrected chi connectivity index (χ3v) is 4.75. The number of carbonyl (C=O) groups is 1. The molecule has 0 spiro atoms. The van der Waals surface area contributed by atoms with Crippen LogP contribution in [0.3, 0.4) is 0 Å². The van der Waals surface area contributed by atoms with Gasteiger partial charge in [0, 0.05) is 19.1 Å². The van der Waals surface area contributed by atoms with Crippen molar-refractivity contribution in [2.45, 2.75) is 38.1 Å². The van der Waals surface area contributed by atoms with Crippen molar-refractivity contribution in [1.82, 2.24) is 4.90 Å². The van der Waals surface area contributed by atoms with E-state index in [-0.39, 0.29) is 17.9 Å². The molecule has 0 unspecified atom stereocenters. The highest BCUT2D eigenvalue weighted by atomic mass is 16.2. The van der Waals surface area contributed by atoms with Gasteiger partial charge in [-0.25, -0.2) is 0 Å². The molecule has 0 aliphatic heterocycles. The zero-order valence-corrected chi connectivity index (χ0v) is 13.1.